The molecule has 3 aromatic rings. The van der Waals surface area contributed by atoms with Gasteiger partial charge in [0.25, 0.3) is 11.8 Å². The highest BCUT2D eigenvalue weighted by Crippen LogP contribution is 2.34. The maximum atomic E-state index is 13.0. The molecule has 2 N–H and O–H groups in total. The van der Waals surface area contributed by atoms with Crippen LogP contribution in [0.2, 0.25) is 0 Å². The molecule has 1 atom stereocenters. The molecule has 0 aliphatic carbocycles. The summed E-state index contributed by atoms with van der Waals surface area (Å²) in [5.74, 6) is -0.693. The first-order chi connectivity index (χ1) is 15.1. The Bertz CT molecular complexity index is 1080. The van der Waals surface area contributed by atoms with Crippen LogP contribution in [0.4, 0.5) is 15.8 Å². The van der Waals surface area contributed by atoms with Crippen molar-refractivity contribution < 1.29 is 18.7 Å². The summed E-state index contributed by atoms with van der Waals surface area (Å²) in [6, 6.07) is 20.1. The van der Waals surface area contributed by atoms with Crippen LogP contribution in [-0.4, -0.2) is 37.0 Å². The van der Waals surface area contributed by atoms with E-state index in [-0.39, 0.29) is 23.8 Å². The third kappa shape index (κ3) is 4.41. The first kappa shape index (κ1) is 20.6. The molecule has 0 radical (unpaired) electrons. The molecule has 0 fully saturated rings. The third-order valence-corrected chi connectivity index (χ3v) is 5.15. The van der Waals surface area contributed by atoms with Crippen LogP contribution in [0.5, 0.6) is 0 Å². The van der Waals surface area contributed by atoms with E-state index in [4.69, 9.17) is 4.74 Å². The largest absolute Gasteiger partial charge is 0.383 e. The summed E-state index contributed by atoms with van der Waals surface area (Å²) < 4.78 is 18.2. The Balaban J connectivity index is 1.49. The van der Waals surface area contributed by atoms with Crippen LogP contribution in [0.25, 0.3) is 0 Å². The average Bonchev–Trinajstić information content (AvgIpc) is 3.05. The quantitative estimate of drug-likeness (QED) is 0.599. The fourth-order valence-electron chi connectivity index (χ4n) is 3.56. The zero-order chi connectivity index (χ0) is 21.8. The van der Waals surface area contributed by atoms with Gasteiger partial charge in [-0.05, 0) is 54.6 Å². The number of hydrogen-bond acceptors (Lipinski definition) is 4. The molecular formula is C24H22FN3O3. The lowest BCUT2D eigenvalue weighted by Crippen LogP contribution is -2.34. The summed E-state index contributed by atoms with van der Waals surface area (Å²) in [4.78, 5) is 27.0. The fourth-order valence-corrected chi connectivity index (χ4v) is 3.56. The molecule has 7 heteroatoms. The molecule has 4 rings (SSSR count). The summed E-state index contributed by atoms with van der Waals surface area (Å²) in [5.41, 5.74) is 3.33. The van der Waals surface area contributed by atoms with Gasteiger partial charge in [-0.3, -0.25) is 9.59 Å². The molecule has 31 heavy (non-hydrogen) atoms. The van der Waals surface area contributed by atoms with Crippen molar-refractivity contribution >= 4 is 23.2 Å². The number of carbonyl (C=O) groups is 2. The Kier molecular flexibility index (Phi) is 5.95. The molecular weight excluding hydrogens is 397 g/mol. The van der Waals surface area contributed by atoms with Gasteiger partial charge in [-0.1, -0.05) is 18.2 Å². The van der Waals surface area contributed by atoms with E-state index in [1.165, 1.54) is 24.3 Å². The van der Waals surface area contributed by atoms with Gasteiger partial charge < -0.3 is 20.3 Å². The third-order valence-electron chi connectivity index (χ3n) is 5.15. The summed E-state index contributed by atoms with van der Waals surface area (Å²) in [5, 5.41) is 6.12. The number of nitrogens with zero attached hydrogens (tertiary/aromatic N) is 1. The van der Waals surface area contributed by atoms with E-state index in [1.54, 1.807) is 36.3 Å². The zero-order valence-electron chi connectivity index (χ0n) is 17.0. The number of anilines is 2. The van der Waals surface area contributed by atoms with Crippen molar-refractivity contribution in [2.24, 2.45) is 0 Å². The monoisotopic (exact) mass is 419 g/mol. The van der Waals surface area contributed by atoms with Crippen molar-refractivity contribution in [3.8, 4) is 0 Å². The number of fused-ring (bicyclic) bond motifs is 1. The van der Waals surface area contributed by atoms with Crippen molar-refractivity contribution in [2.45, 2.75) is 6.17 Å². The minimum Gasteiger partial charge on any atom is -0.383 e. The summed E-state index contributed by atoms with van der Waals surface area (Å²) in [7, 11) is 1.60. The van der Waals surface area contributed by atoms with Crippen LogP contribution >= 0.6 is 0 Å². The van der Waals surface area contributed by atoms with Gasteiger partial charge in [-0.2, -0.15) is 0 Å². The lowest BCUT2D eigenvalue weighted by Gasteiger charge is -2.27. The second-order valence-electron chi connectivity index (χ2n) is 7.16. The molecule has 0 saturated carbocycles. The van der Waals surface area contributed by atoms with Crippen LogP contribution in [0, 0.1) is 5.82 Å². The Morgan fingerprint density at radius 2 is 1.68 bits per heavy atom. The van der Waals surface area contributed by atoms with Crippen molar-refractivity contribution in [3.05, 3.63) is 95.3 Å². The predicted octanol–water partition coefficient (Wildman–Crippen LogP) is 4.29. The lowest BCUT2D eigenvalue weighted by atomic mass is 10.1. The maximum Gasteiger partial charge on any atom is 0.256 e. The molecule has 1 heterocycles. The van der Waals surface area contributed by atoms with E-state index >= 15 is 0 Å². The highest BCUT2D eigenvalue weighted by Gasteiger charge is 2.36. The normalized spacial score (nSPS) is 15.0. The smallest absolute Gasteiger partial charge is 0.256 e. The Morgan fingerprint density at radius 3 is 2.39 bits per heavy atom. The summed E-state index contributed by atoms with van der Waals surface area (Å²) >= 11 is 0. The molecule has 6 nitrogen and oxygen atoms in total. The minimum absolute atomic E-state index is 0.0413. The second-order valence-corrected chi connectivity index (χ2v) is 7.16. The van der Waals surface area contributed by atoms with E-state index < -0.39 is 0 Å². The first-order valence-electron chi connectivity index (χ1n) is 9.89. The van der Waals surface area contributed by atoms with Gasteiger partial charge >= 0.3 is 0 Å². The van der Waals surface area contributed by atoms with E-state index in [9.17, 15) is 14.0 Å². The minimum atomic E-state index is -0.361. The molecule has 0 aromatic heterocycles. The van der Waals surface area contributed by atoms with E-state index in [0.29, 0.717) is 30.0 Å². The highest BCUT2D eigenvalue weighted by atomic mass is 19.1. The van der Waals surface area contributed by atoms with E-state index in [0.717, 1.165) is 11.3 Å². The number of benzene rings is 3. The van der Waals surface area contributed by atoms with Gasteiger partial charge in [-0.15, -0.1) is 0 Å². The number of amides is 2. The Labute approximate surface area is 179 Å². The number of halogens is 1. The molecule has 1 aliphatic rings. The molecule has 0 saturated heterocycles. The van der Waals surface area contributed by atoms with Crippen molar-refractivity contribution in [2.75, 3.05) is 30.9 Å². The number of ether oxygens (including phenoxy) is 1. The van der Waals surface area contributed by atoms with Crippen LogP contribution in [0.15, 0.2) is 72.8 Å². The number of hydrogen-bond donors (Lipinski definition) is 2. The molecule has 2 amide bonds. The summed E-state index contributed by atoms with van der Waals surface area (Å²) in [6.45, 7) is 0.889. The predicted molar refractivity (Wildman–Crippen MR) is 117 cm³/mol. The fraction of sp³-hybridized carbons (Fsp3) is 0.167. The maximum absolute atomic E-state index is 13.0. The van der Waals surface area contributed by atoms with Crippen LogP contribution < -0.4 is 10.6 Å². The number of nitrogens with one attached hydrogen (secondary N) is 2. The standard InChI is InChI=1S/C24H22FN3O3/c1-31-15-14-28-22(20-4-2-3-5-21(20)24(28)30)26-18-10-6-16(7-11-18)23(29)27-19-12-8-17(25)9-13-19/h2-13,22,26H,14-15H2,1H3,(H,27,29)/t22-/m0/s1. The molecule has 3 aromatic carbocycles. The second kappa shape index (κ2) is 8.97. The Morgan fingerprint density at radius 1 is 1.00 bits per heavy atom. The van der Waals surface area contributed by atoms with Crippen LogP contribution in [-0.2, 0) is 4.74 Å². The molecule has 0 unspecified atom stereocenters. The van der Waals surface area contributed by atoms with Crippen LogP contribution in [0.1, 0.15) is 32.4 Å². The SMILES string of the molecule is COCCN1C(=O)c2ccccc2[C@H]1Nc1ccc(C(=O)Nc2ccc(F)cc2)cc1. The van der Waals surface area contributed by atoms with E-state index in [2.05, 4.69) is 10.6 Å². The zero-order valence-corrected chi connectivity index (χ0v) is 17.0. The molecule has 1 aliphatic heterocycles. The molecule has 158 valence electrons. The lowest BCUT2D eigenvalue weighted by molar-refractivity contribution is 0.0674. The molecule has 0 spiro atoms. The van der Waals surface area contributed by atoms with Crippen molar-refractivity contribution in [3.63, 3.8) is 0 Å². The Hall–Kier alpha value is -3.71. The molecule has 0 bridgehead atoms. The van der Waals surface area contributed by atoms with Crippen molar-refractivity contribution in [1.29, 1.82) is 0 Å². The number of methoxy groups -OCH3 is 1. The first-order valence-corrected chi connectivity index (χ1v) is 9.89. The number of rotatable bonds is 7. The van der Waals surface area contributed by atoms with Gasteiger partial charge in [0.1, 0.15) is 12.0 Å². The van der Waals surface area contributed by atoms with Gasteiger partial charge in [0.2, 0.25) is 0 Å². The average molecular weight is 419 g/mol. The van der Waals surface area contributed by atoms with Gasteiger partial charge in [0.15, 0.2) is 0 Å². The topological polar surface area (TPSA) is 70.7 Å². The number of carbonyl (C=O) groups excluding carboxylic acids is 2. The van der Waals surface area contributed by atoms with Crippen LogP contribution in [0.3, 0.4) is 0 Å². The van der Waals surface area contributed by atoms with Gasteiger partial charge in [0.05, 0.1) is 6.61 Å². The highest BCUT2D eigenvalue weighted by molar-refractivity contribution is 6.04. The van der Waals surface area contributed by atoms with Gasteiger partial charge in [-0.25, -0.2) is 4.39 Å². The van der Waals surface area contributed by atoms with Crippen molar-refractivity contribution in [1.82, 2.24) is 4.90 Å². The van der Waals surface area contributed by atoms with E-state index in [1.807, 2.05) is 24.3 Å². The summed E-state index contributed by atoms with van der Waals surface area (Å²) in [6.07, 6.45) is -0.322. The van der Waals surface area contributed by atoms with Gasteiger partial charge in [0, 0.05) is 41.7 Å².